The van der Waals surface area contributed by atoms with Gasteiger partial charge in [0.2, 0.25) is 6.08 Å². The van der Waals surface area contributed by atoms with Crippen LogP contribution in [-0.4, -0.2) is 11.2 Å². The van der Waals surface area contributed by atoms with Crippen molar-refractivity contribution in [3.05, 3.63) is 29.3 Å². The third-order valence-corrected chi connectivity index (χ3v) is 3.17. The number of hydrogen-bond donors (Lipinski definition) is 1. The maximum absolute atomic E-state index is 10.3. The van der Waals surface area contributed by atoms with Crippen LogP contribution < -0.4 is 0 Å². The first-order valence-electron chi connectivity index (χ1n) is 5.51. The van der Waals surface area contributed by atoms with E-state index in [1.165, 1.54) is 0 Å². The van der Waals surface area contributed by atoms with Crippen molar-refractivity contribution in [3.63, 3.8) is 0 Å². The van der Waals surface area contributed by atoms with E-state index in [1.807, 2.05) is 12.1 Å². The van der Waals surface area contributed by atoms with Gasteiger partial charge in [-0.1, -0.05) is 26.0 Å². The highest BCUT2D eigenvalue weighted by Gasteiger charge is 2.46. The van der Waals surface area contributed by atoms with Gasteiger partial charge >= 0.3 is 0 Å². The van der Waals surface area contributed by atoms with Gasteiger partial charge in [-0.05, 0) is 30.4 Å². The Labute approximate surface area is 94.8 Å². The molecular formula is C13H15NO2. The molecule has 1 N–H and O–H groups in total. The third-order valence-electron chi connectivity index (χ3n) is 3.17. The van der Waals surface area contributed by atoms with Crippen molar-refractivity contribution in [2.45, 2.75) is 38.1 Å². The minimum Gasteiger partial charge on any atom is -0.508 e. The number of isocyanates is 1. The summed E-state index contributed by atoms with van der Waals surface area (Å²) in [6.45, 7) is 4.15. The molecule has 2 rings (SSSR count). The van der Waals surface area contributed by atoms with Crippen molar-refractivity contribution in [1.29, 1.82) is 0 Å². The van der Waals surface area contributed by atoms with Crippen LogP contribution in [0.4, 0.5) is 0 Å². The molecule has 16 heavy (non-hydrogen) atoms. The molecule has 0 aromatic heterocycles. The zero-order chi connectivity index (χ0) is 11.8. The lowest BCUT2D eigenvalue weighted by atomic mass is 9.97. The Morgan fingerprint density at radius 2 is 2.12 bits per heavy atom. The van der Waals surface area contributed by atoms with Crippen LogP contribution in [0.2, 0.25) is 0 Å². The fourth-order valence-electron chi connectivity index (χ4n) is 1.95. The number of hydrogen-bond acceptors (Lipinski definition) is 3. The predicted octanol–water partition coefficient (Wildman–Crippen LogP) is 2.84. The predicted molar refractivity (Wildman–Crippen MR) is 61.2 cm³/mol. The molecule has 0 radical (unpaired) electrons. The average Bonchev–Trinajstić information content (AvgIpc) is 2.99. The standard InChI is InChI=1S/C13H15NO2/c1-9(2)10-3-4-11(12(16)7-10)13(5-6-13)14-8-15/h3-4,7,9,16H,5-6H2,1-2H3. The Bertz CT molecular complexity index is 455. The van der Waals surface area contributed by atoms with E-state index in [0.717, 1.165) is 24.0 Å². The molecule has 0 aliphatic heterocycles. The number of benzene rings is 1. The van der Waals surface area contributed by atoms with Crippen molar-refractivity contribution in [2.24, 2.45) is 4.99 Å². The Balaban J connectivity index is 2.40. The summed E-state index contributed by atoms with van der Waals surface area (Å²) < 4.78 is 0. The van der Waals surface area contributed by atoms with Gasteiger partial charge in [0.15, 0.2) is 0 Å². The van der Waals surface area contributed by atoms with Crippen LogP contribution in [0.25, 0.3) is 0 Å². The Hall–Kier alpha value is -1.60. The van der Waals surface area contributed by atoms with Crippen LogP contribution in [0.1, 0.15) is 43.7 Å². The highest BCUT2D eigenvalue weighted by atomic mass is 16.3. The minimum atomic E-state index is -0.485. The molecule has 84 valence electrons. The second-order valence-electron chi connectivity index (χ2n) is 4.67. The highest BCUT2D eigenvalue weighted by Crippen LogP contribution is 2.52. The Morgan fingerprint density at radius 1 is 1.44 bits per heavy atom. The summed E-state index contributed by atoms with van der Waals surface area (Å²) in [5, 5.41) is 9.95. The second kappa shape index (κ2) is 3.76. The second-order valence-corrected chi connectivity index (χ2v) is 4.67. The highest BCUT2D eigenvalue weighted by molar-refractivity contribution is 5.48. The summed E-state index contributed by atoms with van der Waals surface area (Å²) in [6, 6.07) is 5.62. The zero-order valence-corrected chi connectivity index (χ0v) is 9.53. The number of aromatic hydroxyl groups is 1. The van der Waals surface area contributed by atoms with Gasteiger partial charge in [-0.15, -0.1) is 0 Å². The molecule has 1 aromatic rings. The number of carbonyl (C=O) groups excluding carboxylic acids is 1. The minimum absolute atomic E-state index is 0.239. The van der Waals surface area contributed by atoms with Crippen LogP contribution in [-0.2, 0) is 10.3 Å². The molecule has 1 aromatic carbocycles. The summed E-state index contributed by atoms with van der Waals surface area (Å²) in [4.78, 5) is 14.2. The lowest BCUT2D eigenvalue weighted by Crippen LogP contribution is -2.03. The van der Waals surface area contributed by atoms with E-state index < -0.39 is 5.54 Å². The molecule has 1 saturated carbocycles. The van der Waals surface area contributed by atoms with E-state index >= 15 is 0 Å². The average molecular weight is 217 g/mol. The molecule has 1 aliphatic carbocycles. The molecule has 0 unspecified atom stereocenters. The smallest absolute Gasteiger partial charge is 0.235 e. The molecule has 3 nitrogen and oxygen atoms in total. The number of nitrogens with zero attached hydrogens (tertiary/aromatic N) is 1. The van der Waals surface area contributed by atoms with Gasteiger partial charge in [0.1, 0.15) is 11.3 Å². The molecule has 0 atom stereocenters. The van der Waals surface area contributed by atoms with Crippen molar-refractivity contribution in [2.75, 3.05) is 0 Å². The molecule has 0 saturated heterocycles. The van der Waals surface area contributed by atoms with E-state index in [-0.39, 0.29) is 5.75 Å². The van der Waals surface area contributed by atoms with Gasteiger partial charge in [0.05, 0.1) is 0 Å². The molecule has 0 bridgehead atoms. The lowest BCUT2D eigenvalue weighted by molar-refractivity contribution is 0.458. The van der Waals surface area contributed by atoms with Gasteiger partial charge in [-0.2, -0.15) is 4.99 Å². The first-order valence-corrected chi connectivity index (χ1v) is 5.51. The number of phenolic OH excluding ortho intramolecular Hbond substituents is 1. The summed E-state index contributed by atoms with van der Waals surface area (Å²) in [6.07, 6.45) is 3.23. The maximum atomic E-state index is 10.3. The fourth-order valence-corrected chi connectivity index (χ4v) is 1.95. The van der Waals surface area contributed by atoms with E-state index in [0.29, 0.717) is 5.92 Å². The molecule has 0 spiro atoms. The SMILES string of the molecule is CC(C)c1ccc(C2(N=C=O)CC2)c(O)c1. The number of rotatable bonds is 3. The molecule has 3 heteroatoms. The first kappa shape index (κ1) is 10.9. The summed E-state index contributed by atoms with van der Waals surface area (Å²) in [5.41, 5.74) is 1.36. The van der Waals surface area contributed by atoms with Gasteiger partial charge in [0.25, 0.3) is 0 Å². The fraction of sp³-hybridized carbons (Fsp3) is 0.462. The van der Waals surface area contributed by atoms with Crippen molar-refractivity contribution >= 4 is 6.08 Å². The van der Waals surface area contributed by atoms with Gasteiger partial charge in [-0.3, -0.25) is 0 Å². The Morgan fingerprint density at radius 3 is 2.56 bits per heavy atom. The molecule has 0 amide bonds. The van der Waals surface area contributed by atoms with Crippen LogP contribution in [0.5, 0.6) is 5.75 Å². The van der Waals surface area contributed by atoms with E-state index in [9.17, 15) is 9.90 Å². The van der Waals surface area contributed by atoms with Crippen LogP contribution in [0.15, 0.2) is 23.2 Å². The molecule has 0 heterocycles. The third kappa shape index (κ3) is 1.74. The van der Waals surface area contributed by atoms with Gasteiger partial charge in [0, 0.05) is 5.56 Å². The summed E-state index contributed by atoms with van der Waals surface area (Å²) in [5.74, 6) is 0.618. The van der Waals surface area contributed by atoms with Crippen LogP contribution >= 0.6 is 0 Å². The van der Waals surface area contributed by atoms with E-state index in [2.05, 4.69) is 18.8 Å². The normalized spacial score (nSPS) is 16.9. The topological polar surface area (TPSA) is 49.7 Å². The quantitative estimate of drug-likeness (QED) is 0.625. The first-order chi connectivity index (χ1) is 7.59. The van der Waals surface area contributed by atoms with Crippen molar-refractivity contribution < 1.29 is 9.90 Å². The van der Waals surface area contributed by atoms with Crippen molar-refractivity contribution in [1.82, 2.24) is 0 Å². The maximum Gasteiger partial charge on any atom is 0.235 e. The van der Waals surface area contributed by atoms with E-state index in [4.69, 9.17) is 0 Å². The lowest BCUT2D eigenvalue weighted by Gasteiger charge is -2.13. The molecule has 1 fully saturated rings. The monoisotopic (exact) mass is 217 g/mol. The van der Waals surface area contributed by atoms with Crippen LogP contribution in [0.3, 0.4) is 0 Å². The van der Waals surface area contributed by atoms with Crippen molar-refractivity contribution in [3.8, 4) is 5.75 Å². The summed E-state index contributed by atoms with van der Waals surface area (Å²) in [7, 11) is 0. The number of aliphatic imine (C=N–C) groups is 1. The van der Waals surface area contributed by atoms with Gasteiger partial charge < -0.3 is 5.11 Å². The summed E-state index contributed by atoms with van der Waals surface area (Å²) >= 11 is 0. The van der Waals surface area contributed by atoms with Gasteiger partial charge in [-0.25, -0.2) is 4.79 Å². The van der Waals surface area contributed by atoms with Crippen LogP contribution in [0, 0.1) is 0 Å². The number of phenols is 1. The zero-order valence-electron chi connectivity index (χ0n) is 9.53. The van der Waals surface area contributed by atoms with E-state index in [1.54, 1.807) is 12.1 Å². The molecular weight excluding hydrogens is 202 g/mol. The molecule has 1 aliphatic rings. The Kier molecular flexibility index (Phi) is 2.56. The largest absolute Gasteiger partial charge is 0.508 e.